The van der Waals surface area contributed by atoms with Gasteiger partial charge in [-0.3, -0.25) is 14.4 Å². The van der Waals surface area contributed by atoms with Crippen molar-refractivity contribution >= 4 is 23.3 Å². The molecule has 0 saturated heterocycles. The van der Waals surface area contributed by atoms with Crippen LogP contribution < -0.4 is 5.11 Å². The third-order valence-electron chi connectivity index (χ3n) is 4.45. The number of aliphatic carboxylic acids is 1. The molecule has 2 aromatic rings. The van der Waals surface area contributed by atoms with Crippen LogP contribution in [-0.4, -0.2) is 33.5 Å². The average Bonchev–Trinajstić information content (AvgIpc) is 2.52. The van der Waals surface area contributed by atoms with E-state index in [-0.39, 0.29) is 34.4 Å². The molecule has 0 fully saturated rings. The first-order valence-corrected chi connectivity index (χ1v) is 8.16. The van der Waals surface area contributed by atoms with Gasteiger partial charge >= 0.3 is 0 Å². The maximum absolute atomic E-state index is 12.9. The maximum atomic E-state index is 12.9. The van der Waals surface area contributed by atoms with Crippen LogP contribution in [0.2, 0.25) is 0 Å². The number of aromatic hydroxyl groups is 2. The van der Waals surface area contributed by atoms with Crippen LogP contribution in [-0.2, 0) is 22.4 Å². The zero-order valence-corrected chi connectivity index (χ0v) is 14.4. The first kappa shape index (κ1) is 18.3. The van der Waals surface area contributed by atoms with E-state index in [0.29, 0.717) is 11.1 Å². The maximum Gasteiger partial charge on any atom is 0.201 e. The Morgan fingerprint density at radius 1 is 1.11 bits per heavy atom. The van der Waals surface area contributed by atoms with E-state index in [9.17, 15) is 34.5 Å². The Morgan fingerprint density at radius 3 is 2.44 bits per heavy atom. The van der Waals surface area contributed by atoms with Crippen LogP contribution in [0.15, 0.2) is 24.3 Å². The molecule has 0 heterocycles. The van der Waals surface area contributed by atoms with E-state index in [1.54, 1.807) is 12.1 Å². The number of carboxylic acids is 1. The lowest BCUT2D eigenvalue weighted by Crippen LogP contribution is -2.26. The molecule has 0 amide bonds. The summed E-state index contributed by atoms with van der Waals surface area (Å²) in [6.45, 7) is 1.19. The summed E-state index contributed by atoms with van der Waals surface area (Å²) >= 11 is 0. The Labute approximate surface area is 153 Å². The second-order valence-corrected chi connectivity index (χ2v) is 6.46. The second kappa shape index (κ2) is 6.68. The highest BCUT2D eigenvalue weighted by Gasteiger charge is 2.32. The molecular weight excluding hydrogens is 352 g/mol. The lowest BCUT2D eigenvalue weighted by atomic mass is 9.80. The first-order valence-electron chi connectivity index (χ1n) is 8.16. The first-order chi connectivity index (χ1) is 12.7. The van der Waals surface area contributed by atoms with Crippen LogP contribution in [0, 0.1) is 0 Å². The number of hydrogen-bond donors (Lipinski definition) is 2. The van der Waals surface area contributed by atoms with Gasteiger partial charge in [-0.25, -0.2) is 0 Å². The van der Waals surface area contributed by atoms with Gasteiger partial charge < -0.3 is 20.1 Å². The van der Waals surface area contributed by atoms with Gasteiger partial charge in [-0.05, 0) is 36.1 Å². The molecule has 2 aromatic carbocycles. The van der Waals surface area contributed by atoms with Gasteiger partial charge in [-0.15, -0.1) is 0 Å². The van der Waals surface area contributed by atoms with Crippen LogP contribution in [0.5, 0.6) is 11.5 Å². The van der Waals surface area contributed by atoms with Crippen molar-refractivity contribution in [2.75, 3.05) is 0 Å². The fourth-order valence-electron chi connectivity index (χ4n) is 3.42. The Morgan fingerprint density at radius 2 is 1.81 bits per heavy atom. The third-order valence-corrected chi connectivity index (χ3v) is 4.45. The Kier molecular flexibility index (Phi) is 4.53. The molecule has 27 heavy (non-hydrogen) atoms. The number of phenolic OH excluding ortho intramolecular Hbond substituents is 2. The van der Waals surface area contributed by atoms with Crippen molar-refractivity contribution in [1.29, 1.82) is 0 Å². The van der Waals surface area contributed by atoms with Crippen molar-refractivity contribution in [1.82, 2.24) is 0 Å². The SMILES string of the molecule is CC(=O)CC(=O)c1c(CC(=O)[O-])cc2c(c1O)C(=O)c1c(O)cccc1C2. The standard InChI is InChI=1S/C20H16O7/c1-9(21)5-14(23)17-12(8-15(24)25)7-11-6-10-3-2-4-13(22)16(10)19(26)18(11)20(17)27/h2-4,7,22,27H,5-6,8H2,1H3,(H,24,25)/p-1. The predicted octanol–water partition coefficient (Wildman–Crippen LogP) is 0.687. The van der Waals surface area contributed by atoms with E-state index >= 15 is 0 Å². The molecule has 7 heteroatoms. The van der Waals surface area contributed by atoms with Gasteiger partial charge in [0.05, 0.1) is 23.1 Å². The topological polar surface area (TPSA) is 132 Å². The van der Waals surface area contributed by atoms with Crippen molar-refractivity contribution in [2.45, 2.75) is 26.2 Å². The highest BCUT2D eigenvalue weighted by atomic mass is 16.4. The van der Waals surface area contributed by atoms with Crippen LogP contribution in [0.25, 0.3) is 0 Å². The largest absolute Gasteiger partial charge is 0.550 e. The van der Waals surface area contributed by atoms with Gasteiger partial charge in [0.1, 0.15) is 17.3 Å². The highest BCUT2D eigenvalue weighted by molar-refractivity contribution is 6.18. The summed E-state index contributed by atoms with van der Waals surface area (Å²) in [4.78, 5) is 47.7. The number of carbonyl (C=O) groups is 4. The number of benzene rings is 2. The summed E-state index contributed by atoms with van der Waals surface area (Å²) in [6.07, 6.45) is -1.02. The average molecular weight is 367 g/mol. The zero-order valence-electron chi connectivity index (χ0n) is 14.4. The van der Waals surface area contributed by atoms with E-state index in [1.807, 2.05) is 0 Å². The smallest absolute Gasteiger partial charge is 0.201 e. The summed E-state index contributed by atoms with van der Waals surface area (Å²) in [7, 11) is 0. The van der Waals surface area contributed by atoms with Crippen molar-refractivity contribution in [3.05, 3.63) is 57.6 Å². The fraction of sp³-hybridized carbons (Fsp3) is 0.200. The van der Waals surface area contributed by atoms with Crippen LogP contribution in [0.4, 0.5) is 0 Å². The summed E-state index contributed by atoms with van der Waals surface area (Å²) in [5.41, 5.74) is 0.325. The molecule has 1 aliphatic rings. The van der Waals surface area contributed by atoms with Gasteiger partial charge in [-0.1, -0.05) is 18.2 Å². The molecule has 0 unspecified atom stereocenters. The highest BCUT2D eigenvalue weighted by Crippen LogP contribution is 2.40. The van der Waals surface area contributed by atoms with Crippen molar-refractivity contribution < 1.29 is 34.5 Å². The third kappa shape index (κ3) is 3.19. The Hall–Kier alpha value is -3.48. The summed E-state index contributed by atoms with van der Waals surface area (Å²) in [5, 5.41) is 31.7. The lowest BCUT2D eigenvalue weighted by molar-refractivity contribution is -0.304. The minimum absolute atomic E-state index is 0.0195. The number of Topliss-reactive ketones (excluding diaryl/α,β-unsaturated/α-hetero) is 2. The molecule has 0 spiro atoms. The molecular formula is C20H15O7-. The number of carbonyl (C=O) groups excluding carboxylic acids is 4. The molecule has 1 aliphatic carbocycles. The molecule has 138 valence electrons. The monoisotopic (exact) mass is 367 g/mol. The zero-order chi connectivity index (χ0) is 19.9. The number of carboxylic acid groups (broad SMARTS) is 1. The van der Waals surface area contributed by atoms with Gasteiger partial charge in [-0.2, -0.15) is 0 Å². The minimum atomic E-state index is -1.47. The summed E-state index contributed by atoms with van der Waals surface area (Å²) < 4.78 is 0. The van der Waals surface area contributed by atoms with Crippen molar-refractivity contribution in [2.24, 2.45) is 0 Å². The Balaban J connectivity index is 2.24. The number of rotatable bonds is 5. The quantitative estimate of drug-likeness (QED) is 0.501. The van der Waals surface area contributed by atoms with E-state index < -0.39 is 41.9 Å². The molecule has 3 rings (SSSR count). The van der Waals surface area contributed by atoms with Crippen LogP contribution >= 0.6 is 0 Å². The number of hydrogen-bond acceptors (Lipinski definition) is 7. The minimum Gasteiger partial charge on any atom is -0.550 e. The van der Waals surface area contributed by atoms with E-state index in [0.717, 1.165) is 0 Å². The van der Waals surface area contributed by atoms with Crippen LogP contribution in [0.1, 0.15) is 56.3 Å². The van der Waals surface area contributed by atoms with Gasteiger partial charge in [0.25, 0.3) is 0 Å². The molecule has 7 nitrogen and oxygen atoms in total. The van der Waals surface area contributed by atoms with E-state index in [1.165, 1.54) is 19.1 Å². The van der Waals surface area contributed by atoms with Gasteiger partial charge in [0.2, 0.25) is 5.78 Å². The molecule has 0 radical (unpaired) electrons. The lowest BCUT2D eigenvalue weighted by Gasteiger charge is -2.23. The molecule has 0 atom stereocenters. The molecule has 0 saturated carbocycles. The van der Waals surface area contributed by atoms with Crippen LogP contribution in [0.3, 0.4) is 0 Å². The molecule has 0 aliphatic heterocycles. The molecule has 0 bridgehead atoms. The molecule has 0 aromatic heterocycles. The summed E-state index contributed by atoms with van der Waals surface area (Å²) in [5.74, 6) is -4.31. The fourth-order valence-corrected chi connectivity index (χ4v) is 3.42. The van der Waals surface area contributed by atoms with Gasteiger partial charge in [0, 0.05) is 12.4 Å². The second-order valence-electron chi connectivity index (χ2n) is 6.46. The van der Waals surface area contributed by atoms with E-state index in [2.05, 4.69) is 0 Å². The predicted molar refractivity (Wildman–Crippen MR) is 90.8 cm³/mol. The van der Waals surface area contributed by atoms with Gasteiger partial charge in [0.15, 0.2) is 5.78 Å². The number of phenols is 2. The number of ketones is 3. The van der Waals surface area contributed by atoms with Crippen molar-refractivity contribution in [3.8, 4) is 11.5 Å². The van der Waals surface area contributed by atoms with E-state index in [4.69, 9.17) is 0 Å². The normalized spacial score (nSPS) is 12.3. The Bertz CT molecular complexity index is 1020. The summed E-state index contributed by atoms with van der Waals surface area (Å²) in [6, 6.07) is 5.91. The van der Waals surface area contributed by atoms with Crippen molar-refractivity contribution in [3.63, 3.8) is 0 Å². The molecule has 2 N–H and O–H groups in total. The number of fused-ring (bicyclic) bond motifs is 2.